The molecular formula is C8H7BrN2O3S. The van der Waals surface area contributed by atoms with Crippen LogP contribution in [0.4, 0.5) is 10.5 Å². The largest absolute Gasteiger partial charge is 0.335 e. The summed E-state index contributed by atoms with van der Waals surface area (Å²) in [6.45, 7) is 0. The Morgan fingerprint density at radius 1 is 1.40 bits per heavy atom. The number of rotatable bonds is 0. The molecule has 0 atom stereocenters. The molecule has 1 aliphatic rings. The zero-order valence-electron chi connectivity index (χ0n) is 7.69. The van der Waals surface area contributed by atoms with Gasteiger partial charge in [-0.15, -0.1) is 0 Å². The topological polar surface area (TPSA) is 66.5 Å². The van der Waals surface area contributed by atoms with Crippen LogP contribution >= 0.6 is 15.9 Å². The van der Waals surface area contributed by atoms with Gasteiger partial charge in [0.25, 0.3) is 10.0 Å². The van der Waals surface area contributed by atoms with Crippen LogP contribution in [0.2, 0.25) is 0 Å². The van der Waals surface area contributed by atoms with Crippen LogP contribution in [-0.2, 0) is 10.0 Å². The summed E-state index contributed by atoms with van der Waals surface area (Å²) < 4.78 is 24.9. The zero-order valence-corrected chi connectivity index (χ0v) is 10.1. The van der Waals surface area contributed by atoms with Gasteiger partial charge in [-0.2, -0.15) is 0 Å². The number of urea groups is 1. The van der Waals surface area contributed by atoms with Crippen molar-refractivity contribution in [1.82, 2.24) is 4.31 Å². The molecule has 0 radical (unpaired) electrons. The quantitative estimate of drug-likeness (QED) is 0.789. The molecule has 5 nitrogen and oxygen atoms in total. The van der Waals surface area contributed by atoms with Gasteiger partial charge in [-0.25, -0.2) is 17.5 Å². The summed E-state index contributed by atoms with van der Waals surface area (Å²) in [6.07, 6.45) is 0. The van der Waals surface area contributed by atoms with Crippen molar-refractivity contribution in [2.75, 3.05) is 12.4 Å². The fourth-order valence-electron chi connectivity index (χ4n) is 1.31. The second-order valence-corrected chi connectivity index (χ2v) is 5.78. The molecule has 0 saturated heterocycles. The first-order chi connectivity index (χ1) is 6.94. The number of halogens is 1. The van der Waals surface area contributed by atoms with E-state index in [2.05, 4.69) is 21.2 Å². The van der Waals surface area contributed by atoms with Gasteiger partial charge < -0.3 is 5.32 Å². The van der Waals surface area contributed by atoms with Crippen LogP contribution in [0.25, 0.3) is 0 Å². The molecule has 2 amide bonds. The molecule has 1 N–H and O–H groups in total. The van der Waals surface area contributed by atoms with Gasteiger partial charge in [0, 0.05) is 11.5 Å². The minimum absolute atomic E-state index is 0.0899. The lowest BCUT2D eigenvalue weighted by atomic mass is 10.3. The van der Waals surface area contributed by atoms with Crippen LogP contribution in [0.5, 0.6) is 0 Å². The van der Waals surface area contributed by atoms with Crippen LogP contribution in [-0.4, -0.2) is 25.8 Å². The molecule has 80 valence electrons. The van der Waals surface area contributed by atoms with E-state index < -0.39 is 16.1 Å². The summed E-state index contributed by atoms with van der Waals surface area (Å²) in [7, 11) is -2.51. The highest BCUT2D eigenvalue weighted by atomic mass is 79.9. The number of fused-ring (bicyclic) bond motifs is 1. The predicted octanol–water partition coefficient (Wildman–Crippen LogP) is 1.62. The number of carbonyl (C=O) groups is 1. The van der Waals surface area contributed by atoms with Crippen molar-refractivity contribution < 1.29 is 13.2 Å². The van der Waals surface area contributed by atoms with E-state index in [1.165, 1.54) is 7.05 Å². The molecule has 0 bridgehead atoms. The first-order valence-corrected chi connectivity index (χ1v) is 6.26. The number of hydrogen-bond acceptors (Lipinski definition) is 3. The van der Waals surface area contributed by atoms with E-state index in [4.69, 9.17) is 0 Å². The Labute approximate surface area is 95.3 Å². The van der Waals surface area contributed by atoms with E-state index in [1.54, 1.807) is 18.2 Å². The summed E-state index contributed by atoms with van der Waals surface area (Å²) in [5.41, 5.74) is 0.299. The number of anilines is 1. The lowest BCUT2D eigenvalue weighted by Gasteiger charge is -2.26. The maximum absolute atomic E-state index is 11.9. The third-order valence-corrected chi connectivity index (χ3v) is 4.88. The van der Waals surface area contributed by atoms with Gasteiger partial charge >= 0.3 is 6.03 Å². The summed E-state index contributed by atoms with van der Waals surface area (Å²) in [6, 6.07) is 4.16. The van der Waals surface area contributed by atoms with Crippen LogP contribution in [0, 0.1) is 0 Å². The monoisotopic (exact) mass is 290 g/mol. The first kappa shape index (κ1) is 10.4. The van der Waals surface area contributed by atoms with Crippen molar-refractivity contribution in [3.8, 4) is 0 Å². The Morgan fingerprint density at radius 2 is 2.07 bits per heavy atom. The molecule has 1 aromatic carbocycles. The smallest absolute Gasteiger partial charge is 0.306 e. The van der Waals surface area contributed by atoms with Crippen molar-refractivity contribution in [3.63, 3.8) is 0 Å². The molecule has 1 aliphatic heterocycles. The molecule has 1 aromatic rings. The average Bonchev–Trinajstić information content (AvgIpc) is 2.14. The molecule has 0 aliphatic carbocycles. The second-order valence-electron chi connectivity index (χ2n) is 3.02. The minimum Gasteiger partial charge on any atom is -0.306 e. The SMILES string of the molecule is CN1C(=O)Nc2cccc(Br)c2S1(=O)=O. The van der Waals surface area contributed by atoms with Crippen LogP contribution < -0.4 is 5.32 Å². The van der Waals surface area contributed by atoms with E-state index in [0.29, 0.717) is 14.5 Å². The molecule has 2 rings (SSSR count). The average molecular weight is 291 g/mol. The number of nitrogens with zero attached hydrogens (tertiary/aromatic N) is 1. The Morgan fingerprint density at radius 3 is 2.73 bits per heavy atom. The summed E-state index contributed by atoms with van der Waals surface area (Å²) in [4.78, 5) is 11.4. The fourth-order valence-corrected chi connectivity index (χ4v) is 3.54. The molecular weight excluding hydrogens is 284 g/mol. The number of hydrogen-bond donors (Lipinski definition) is 1. The second kappa shape index (κ2) is 3.21. The van der Waals surface area contributed by atoms with Gasteiger partial charge in [-0.05, 0) is 28.1 Å². The van der Waals surface area contributed by atoms with Gasteiger partial charge in [-0.3, -0.25) is 0 Å². The van der Waals surface area contributed by atoms with Crippen molar-refractivity contribution in [2.24, 2.45) is 0 Å². The normalized spacial score (nSPS) is 18.3. The zero-order chi connectivity index (χ0) is 11.2. The first-order valence-electron chi connectivity index (χ1n) is 4.03. The number of amides is 2. The molecule has 0 aromatic heterocycles. The maximum Gasteiger partial charge on any atom is 0.335 e. The fraction of sp³-hybridized carbons (Fsp3) is 0.125. The third kappa shape index (κ3) is 1.42. The van der Waals surface area contributed by atoms with Gasteiger partial charge in [-0.1, -0.05) is 6.07 Å². The van der Waals surface area contributed by atoms with Gasteiger partial charge in [0.15, 0.2) is 0 Å². The van der Waals surface area contributed by atoms with Crippen LogP contribution in [0.3, 0.4) is 0 Å². The highest BCUT2D eigenvalue weighted by Crippen LogP contribution is 2.34. The van der Waals surface area contributed by atoms with Crippen molar-refractivity contribution in [2.45, 2.75) is 4.90 Å². The molecule has 0 saturated carbocycles. The Hall–Kier alpha value is -1.08. The van der Waals surface area contributed by atoms with Crippen molar-refractivity contribution in [1.29, 1.82) is 0 Å². The molecule has 0 fully saturated rings. The van der Waals surface area contributed by atoms with Gasteiger partial charge in [0.05, 0.1) is 5.69 Å². The predicted molar refractivity (Wildman–Crippen MR) is 58.1 cm³/mol. The van der Waals surface area contributed by atoms with Crippen LogP contribution in [0.15, 0.2) is 27.6 Å². The molecule has 0 spiro atoms. The van der Waals surface area contributed by atoms with E-state index in [0.717, 1.165) is 0 Å². The highest BCUT2D eigenvalue weighted by molar-refractivity contribution is 9.10. The summed E-state index contributed by atoms with van der Waals surface area (Å²) >= 11 is 3.15. The van der Waals surface area contributed by atoms with Gasteiger partial charge in [0.2, 0.25) is 0 Å². The lowest BCUT2D eigenvalue weighted by molar-refractivity contribution is 0.240. The molecule has 7 heteroatoms. The maximum atomic E-state index is 11.9. The number of benzene rings is 1. The Bertz CT molecular complexity index is 541. The Kier molecular flexibility index (Phi) is 2.23. The standard InChI is InChI=1S/C8H7BrN2O3S/c1-11-8(12)10-6-4-2-3-5(9)7(6)15(11,13)14/h2-4H,1H3,(H,10,12). The number of carbonyl (C=O) groups excluding carboxylic acids is 1. The molecule has 15 heavy (non-hydrogen) atoms. The summed E-state index contributed by atoms with van der Waals surface area (Å²) in [5, 5.41) is 2.48. The lowest BCUT2D eigenvalue weighted by Crippen LogP contribution is -2.41. The van der Waals surface area contributed by atoms with E-state index in [1.807, 2.05) is 0 Å². The summed E-state index contributed by atoms with van der Waals surface area (Å²) in [5.74, 6) is 0. The van der Waals surface area contributed by atoms with Crippen molar-refractivity contribution in [3.05, 3.63) is 22.7 Å². The van der Waals surface area contributed by atoms with E-state index >= 15 is 0 Å². The number of nitrogens with one attached hydrogen (secondary N) is 1. The molecule has 1 heterocycles. The van der Waals surface area contributed by atoms with Crippen molar-refractivity contribution >= 4 is 37.7 Å². The highest BCUT2D eigenvalue weighted by Gasteiger charge is 2.35. The van der Waals surface area contributed by atoms with E-state index in [9.17, 15) is 13.2 Å². The number of sulfonamides is 1. The Balaban J connectivity index is 2.79. The van der Waals surface area contributed by atoms with Crippen LogP contribution in [0.1, 0.15) is 0 Å². The third-order valence-electron chi connectivity index (χ3n) is 2.11. The van der Waals surface area contributed by atoms with Gasteiger partial charge in [0.1, 0.15) is 4.90 Å². The molecule has 0 unspecified atom stereocenters. The van der Waals surface area contributed by atoms with E-state index in [-0.39, 0.29) is 4.90 Å². The minimum atomic E-state index is -3.73.